The van der Waals surface area contributed by atoms with Crippen LogP contribution in [0.5, 0.6) is 0 Å². The molecular weight excluding hydrogens is 158 g/mol. The average molecular weight is 184 g/mol. The molecule has 0 aliphatic heterocycles. The summed E-state index contributed by atoms with van der Waals surface area (Å²) in [5.41, 5.74) is 0. The Morgan fingerprint density at radius 1 is 1.00 bits per heavy atom. The summed E-state index contributed by atoms with van der Waals surface area (Å²) in [6, 6.07) is 1.89. The quantitative estimate of drug-likeness (QED) is 0.632. The van der Waals surface area contributed by atoms with E-state index in [0.717, 1.165) is 0 Å². The van der Waals surface area contributed by atoms with E-state index in [1.807, 2.05) is 0 Å². The van der Waals surface area contributed by atoms with Gasteiger partial charge in [0.05, 0.1) is 0 Å². The highest BCUT2D eigenvalue weighted by Crippen LogP contribution is 2.20. The fourth-order valence-electron chi connectivity index (χ4n) is 2.04. The van der Waals surface area contributed by atoms with Gasteiger partial charge in [0.15, 0.2) is 0 Å². The Morgan fingerprint density at radius 2 is 1.38 bits per heavy atom. The van der Waals surface area contributed by atoms with E-state index < -0.39 is 0 Å². The maximum Gasteiger partial charge on any atom is 0.0132 e. The van der Waals surface area contributed by atoms with Crippen LogP contribution in [0.2, 0.25) is 0 Å². The van der Waals surface area contributed by atoms with Crippen LogP contribution in [0.3, 0.4) is 0 Å². The molecule has 1 radical (unpaired) electrons. The molecule has 1 heteroatoms. The van der Waals surface area contributed by atoms with Crippen molar-refractivity contribution >= 4 is 0 Å². The van der Waals surface area contributed by atoms with Crippen molar-refractivity contribution < 1.29 is 0 Å². The van der Waals surface area contributed by atoms with E-state index in [0.29, 0.717) is 18.1 Å². The smallest absolute Gasteiger partial charge is 0.0132 e. The largest absolute Gasteiger partial charge is 0.295 e. The molecule has 0 saturated carbocycles. The van der Waals surface area contributed by atoms with E-state index in [4.69, 9.17) is 0 Å². The first-order chi connectivity index (χ1) is 5.91. The van der Waals surface area contributed by atoms with Crippen molar-refractivity contribution in [2.45, 2.75) is 73.0 Å². The Kier molecular flexibility index (Phi) is 5.62. The minimum Gasteiger partial charge on any atom is -0.295 e. The standard InChI is InChI=1S/C12H26N/c1-8-11(6)12(7)13(9(2)3)10(4)5/h9-10,12H,8H2,1-7H3. The molecule has 0 spiro atoms. The first-order valence-corrected chi connectivity index (χ1v) is 5.51. The van der Waals surface area contributed by atoms with Gasteiger partial charge in [-0.1, -0.05) is 13.8 Å². The third kappa shape index (κ3) is 3.68. The summed E-state index contributed by atoms with van der Waals surface area (Å²) in [6.07, 6.45) is 1.19. The van der Waals surface area contributed by atoms with Crippen molar-refractivity contribution in [3.05, 3.63) is 5.92 Å². The molecule has 13 heavy (non-hydrogen) atoms. The zero-order chi connectivity index (χ0) is 10.6. The Labute approximate surface area is 84.5 Å². The molecule has 0 rings (SSSR count). The lowest BCUT2D eigenvalue weighted by atomic mass is 9.97. The SMILES string of the molecule is CC[C](C)C(C)N(C(C)C)C(C)C. The predicted octanol–water partition coefficient (Wildman–Crippen LogP) is 3.50. The van der Waals surface area contributed by atoms with E-state index in [1.165, 1.54) is 6.42 Å². The molecule has 0 bridgehead atoms. The van der Waals surface area contributed by atoms with Crippen LogP contribution in [0.15, 0.2) is 0 Å². The first-order valence-electron chi connectivity index (χ1n) is 5.51. The van der Waals surface area contributed by atoms with Gasteiger partial charge in [-0.25, -0.2) is 0 Å². The van der Waals surface area contributed by atoms with Crippen molar-refractivity contribution in [1.29, 1.82) is 0 Å². The van der Waals surface area contributed by atoms with E-state index in [2.05, 4.69) is 53.4 Å². The Bertz CT molecular complexity index is 121. The van der Waals surface area contributed by atoms with Gasteiger partial charge in [-0.2, -0.15) is 0 Å². The zero-order valence-corrected chi connectivity index (χ0v) is 10.4. The predicted molar refractivity (Wildman–Crippen MR) is 60.8 cm³/mol. The van der Waals surface area contributed by atoms with Crippen molar-refractivity contribution in [3.63, 3.8) is 0 Å². The van der Waals surface area contributed by atoms with Gasteiger partial charge in [0.25, 0.3) is 0 Å². The third-order valence-corrected chi connectivity index (χ3v) is 2.91. The summed E-state index contributed by atoms with van der Waals surface area (Å²) < 4.78 is 0. The Hall–Kier alpha value is -0.0400. The van der Waals surface area contributed by atoms with Crippen molar-refractivity contribution in [3.8, 4) is 0 Å². The van der Waals surface area contributed by atoms with Crippen LogP contribution in [0, 0.1) is 5.92 Å². The molecule has 0 heterocycles. The van der Waals surface area contributed by atoms with Crippen LogP contribution in [0.1, 0.15) is 54.9 Å². The van der Waals surface area contributed by atoms with Crippen LogP contribution in [-0.2, 0) is 0 Å². The molecule has 0 saturated heterocycles. The van der Waals surface area contributed by atoms with Gasteiger partial charge >= 0.3 is 0 Å². The summed E-state index contributed by atoms with van der Waals surface area (Å²) in [7, 11) is 0. The first kappa shape index (κ1) is 13.0. The third-order valence-electron chi connectivity index (χ3n) is 2.91. The molecule has 0 aromatic carbocycles. The lowest BCUT2D eigenvalue weighted by Crippen LogP contribution is -2.45. The molecule has 0 aliphatic rings. The highest BCUT2D eigenvalue weighted by Gasteiger charge is 2.23. The second-order valence-electron chi connectivity index (χ2n) is 4.51. The second kappa shape index (κ2) is 5.64. The molecule has 0 amide bonds. The normalized spacial score (nSPS) is 15.0. The summed E-state index contributed by atoms with van der Waals surface area (Å²) in [5.74, 6) is 1.59. The molecule has 1 atom stereocenters. The average Bonchev–Trinajstić information content (AvgIpc) is 2.01. The summed E-state index contributed by atoms with van der Waals surface area (Å²) >= 11 is 0. The van der Waals surface area contributed by atoms with Crippen LogP contribution in [-0.4, -0.2) is 23.0 Å². The monoisotopic (exact) mass is 184 g/mol. The highest BCUT2D eigenvalue weighted by molar-refractivity contribution is 4.96. The Balaban J connectivity index is 4.36. The van der Waals surface area contributed by atoms with Gasteiger partial charge in [-0.15, -0.1) is 0 Å². The molecular formula is C12H26N. The van der Waals surface area contributed by atoms with Crippen molar-refractivity contribution in [2.24, 2.45) is 0 Å². The molecule has 0 fully saturated rings. The van der Waals surface area contributed by atoms with Crippen LogP contribution >= 0.6 is 0 Å². The minimum absolute atomic E-state index is 0.616. The van der Waals surface area contributed by atoms with Gasteiger partial charge < -0.3 is 0 Å². The lowest BCUT2D eigenvalue weighted by molar-refractivity contribution is 0.127. The maximum absolute atomic E-state index is 2.57. The minimum atomic E-state index is 0.616. The second-order valence-corrected chi connectivity index (χ2v) is 4.51. The Morgan fingerprint density at radius 3 is 1.62 bits per heavy atom. The van der Waals surface area contributed by atoms with Gasteiger partial charge in [0.1, 0.15) is 0 Å². The molecule has 1 unspecified atom stereocenters. The molecule has 0 aliphatic carbocycles. The molecule has 1 nitrogen and oxygen atoms in total. The fourth-order valence-corrected chi connectivity index (χ4v) is 2.04. The van der Waals surface area contributed by atoms with Gasteiger partial charge in [-0.05, 0) is 47.0 Å². The maximum atomic E-state index is 2.57. The molecule has 79 valence electrons. The molecule has 0 N–H and O–H groups in total. The van der Waals surface area contributed by atoms with Gasteiger partial charge in [0.2, 0.25) is 0 Å². The number of hydrogen-bond acceptors (Lipinski definition) is 1. The zero-order valence-electron chi connectivity index (χ0n) is 10.4. The fraction of sp³-hybridized carbons (Fsp3) is 0.917. The van der Waals surface area contributed by atoms with E-state index >= 15 is 0 Å². The summed E-state index contributed by atoms with van der Waals surface area (Å²) in [4.78, 5) is 2.57. The van der Waals surface area contributed by atoms with E-state index in [9.17, 15) is 0 Å². The van der Waals surface area contributed by atoms with E-state index in [1.54, 1.807) is 5.92 Å². The summed E-state index contributed by atoms with van der Waals surface area (Å²) in [6.45, 7) is 15.9. The molecule has 0 aromatic rings. The number of rotatable bonds is 5. The number of hydrogen-bond donors (Lipinski definition) is 0. The van der Waals surface area contributed by atoms with Gasteiger partial charge in [-0.3, -0.25) is 4.90 Å². The topological polar surface area (TPSA) is 3.24 Å². The lowest BCUT2D eigenvalue weighted by Gasteiger charge is -2.39. The number of nitrogens with zero attached hydrogens (tertiary/aromatic N) is 1. The van der Waals surface area contributed by atoms with Crippen LogP contribution in [0.4, 0.5) is 0 Å². The highest BCUT2D eigenvalue weighted by atomic mass is 15.2. The van der Waals surface area contributed by atoms with Crippen LogP contribution in [0.25, 0.3) is 0 Å². The summed E-state index contributed by atoms with van der Waals surface area (Å²) in [5, 5.41) is 0. The van der Waals surface area contributed by atoms with Crippen molar-refractivity contribution in [1.82, 2.24) is 4.90 Å². The van der Waals surface area contributed by atoms with Gasteiger partial charge in [0, 0.05) is 18.1 Å². The molecule has 0 aromatic heterocycles. The van der Waals surface area contributed by atoms with Crippen molar-refractivity contribution in [2.75, 3.05) is 0 Å². The van der Waals surface area contributed by atoms with E-state index in [-0.39, 0.29) is 0 Å². The van der Waals surface area contributed by atoms with Crippen LogP contribution < -0.4 is 0 Å².